The van der Waals surface area contributed by atoms with Crippen LogP contribution in [0.2, 0.25) is 0 Å². The lowest BCUT2D eigenvalue weighted by molar-refractivity contribution is 0.739. The summed E-state index contributed by atoms with van der Waals surface area (Å²) in [5.74, 6) is 0.811. The van der Waals surface area contributed by atoms with Crippen molar-refractivity contribution in [2.75, 3.05) is 0 Å². The fourth-order valence-electron chi connectivity index (χ4n) is 1.66. The summed E-state index contributed by atoms with van der Waals surface area (Å²) in [5.41, 5.74) is 1.72. The summed E-state index contributed by atoms with van der Waals surface area (Å²) in [6, 6.07) is 11.3. The molecule has 0 atom stereocenters. The van der Waals surface area contributed by atoms with Crippen molar-refractivity contribution in [1.29, 1.82) is 0 Å². The molecular weight excluding hydrogens is 200 g/mol. The molecule has 0 saturated carbocycles. The van der Waals surface area contributed by atoms with Gasteiger partial charge in [-0.1, -0.05) is 37.3 Å². The van der Waals surface area contributed by atoms with Gasteiger partial charge in [-0.25, -0.2) is 4.98 Å². The van der Waals surface area contributed by atoms with Crippen molar-refractivity contribution < 1.29 is 0 Å². The van der Waals surface area contributed by atoms with E-state index in [2.05, 4.69) is 4.98 Å². The molecule has 0 bridgehead atoms. The highest BCUT2D eigenvalue weighted by atomic mass is 16.1. The summed E-state index contributed by atoms with van der Waals surface area (Å²) in [6.07, 6.45) is 0.756. The van der Waals surface area contributed by atoms with Crippen LogP contribution in [-0.2, 0) is 13.5 Å². The van der Waals surface area contributed by atoms with E-state index in [9.17, 15) is 4.79 Å². The maximum absolute atomic E-state index is 11.7. The Labute approximate surface area is 94.4 Å². The second-order valence-electron chi connectivity index (χ2n) is 3.67. The SMILES string of the molecule is CCc1nc(-c2ccccc2)cc(=O)n1C. The highest BCUT2D eigenvalue weighted by Crippen LogP contribution is 2.14. The molecule has 16 heavy (non-hydrogen) atoms. The molecule has 0 spiro atoms. The molecule has 1 heterocycles. The molecule has 0 radical (unpaired) electrons. The van der Waals surface area contributed by atoms with Crippen LogP contribution < -0.4 is 5.56 Å². The molecular formula is C13H14N2O. The molecule has 0 fully saturated rings. The second-order valence-corrected chi connectivity index (χ2v) is 3.67. The van der Waals surface area contributed by atoms with Crippen molar-refractivity contribution in [2.24, 2.45) is 7.05 Å². The van der Waals surface area contributed by atoms with E-state index in [-0.39, 0.29) is 5.56 Å². The van der Waals surface area contributed by atoms with Crippen LogP contribution in [0.3, 0.4) is 0 Å². The molecule has 3 heteroatoms. The molecule has 0 aliphatic heterocycles. The zero-order chi connectivity index (χ0) is 11.5. The van der Waals surface area contributed by atoms with Gasteiger partial charge in [0.05, 0.1) is 5.69 Å². The summed E-state index contributed by atoms with van der Waals surface area (Å²) in [7, 11) is 1.75. The molecule has 2 aromatic rings. The third kappa shape index (κ3) is 1.89. The van der Waals surface area contributed by atoms with Crippen molar-refractivity contribution >= 4 is 0 Å². The van der Waals surface area contributed by atoms with Crippen LogP contribution >= 0.6 is 0 Å². The number of aryl methyl sites for hydroxylation is 1. The Bertz CT molecular complexity index is 544. The Morgan fingerprint density at radius 3 is 2.56 bits per heavy atom. The minimum atomic E-state index is -0.00861. The van der Waals surface area contributed by atoms with Gasteiger partial charge in [-0.15, -0.1) is 0 Å². The van der Waals surface area contributed by atoms with E-state index in [4.69, 9.17) is 0 Å². The van der Waals surface area contributed by atoms with E-state index in [0.29, 0.717) is 0 Å². The Morgan fingerprint density at radius 1 is 1.25 bits per heavy atom. The van der Waals surface area contributed by atoms with Crippen molar-refractivity contribution in [3.05, 3.63) is 52.6 Å². The molecule has 1 aromatic carbocycles. The van der Waals surface area contributed by atoms with E-state index in [0.717, 1.165) is 23.5 Å². The largest absolute Gasteiger partial charge is 0.300 e. The van der Waals surface area contributed by atoms with E-state index >= 15 is 0 Å². The first-order chi connectivity index (χ1) is 7.72. The number of hydrogen-bond acceptors (Lipinski definition) is 2. The first-order valence-electron chi connectivity index (χ1n) is 5.34. The molecule has 0 aliphatic carbocycles. The minimum Gasteiger partial charge on any atom is -0.300 e. The van der Waals surface area contributed by atoms with E-state index in [1.54, 1.807) is 17.7 Å². The predicted octanol–water partition coefficient (Wildman–Crippen LogP) is 2.01. The molecule has 0 N–H and O–H groups in total. The maximum Gasteiger partial charge on any atom is 0.253 e. The van der Waals surface area contributed by atoms with E-state index in [1.807, 2.05) is 37.3 Å². The zero-order valence-electron chi connectivity index (χ0n) is 9.47. The average molecular weight is 214 g/mol. The van der Waals surface area contributed by atoms with Crippen LogP contribution in [0.4, 0.5) is 0 Å². The third-order valence-electron chi connectivity index (χ3n) is 2.61. The normalized spacial score (nSPS) is 10.4. The highest BCUT2D eigenvalue weighted by molar-refractivity contribution is 5.58. The summed E-state index contributed by atoms with van der Waals surface area (Å²) in [5, 5.41) is 0. The van der Waals surface area contributed by atoms with Crippen molar-refractivity contribution in [3.8, 4) is 11.3 Å². The summed E-state index contributed by atoms with van der Waals surface area (Å²) < 4.78 is 1.59. The molecule has 82 valence electrons. The number of aromatic nitrogens is 2. The second kappa shape index (κ2) is 4.31. The van der Waals surface area contributed by atoms with Gasteiger partial charge in [0, 0.05) is 25.1 Å². The van der Waals surface area contributed by atoms with Crippen LogP contribution in [0.15, 0.2) is 41.2 Å². The topological polar surface area (TPSA) is 34.9 Å². The summed E-state index contributed by atoms with van der Waals surface area (Å²) in [4.78, 5) is 16.2. The fraction of sp³-hybridized carbons (Fsp3) is 0.231. The number of hydrogen-bond donors (Lipinski definition) is 0. The lowest BCUT2D eigenvalue weighted by atomic mass is 10.1. The van der Waals surface area contributed by atoms with Crippen LogP contribution in [-0.4, -0.2) is 9.55 Å². The molecule has 0 saturated heterocycles. The molecule has 0 aliphatic rings. The molecule has 3 nitrogen and oxygen atoms in total. The van der Waals surface area contributed by atoms with Crippen molar-refractivity contribution in [3.63, 3.8) is 0 Å². The standard InChI is InChI=1S/C13H14N2O/c1-3-12-14-11(9-13(16)15(12)2)10-7-5-4-6-8-10/h4-9H,3H2,1-2H3. The van der Waals surface area contributed by atoms with Gasteiger partial charge in [0.2, 0.25) is 0 Å². The first kappa shape index (κ1) is 10.6. The van der Waals surface area contributed by atoms with Gasteiger partial charge in [0.1, 0.15) is 5.82 Å². The van der Waals surface area contributed by atoms with Crippen molar-refractivity contribution in [1.82, 2.24) is 9.55 Å². The molecule has 2 rings (SSSR count). The lowest BCUT2D eigenvalue weighted by Crippen LogP contribution is -2.21. The van der Waals surface area contributed by atoms with Crippen LogP contribution in [0, 0.1) is 0 Å². The highest BCUT2D eigenvalue weighted by Gasteiger charge is 2.05. The van der Waals surface area contributed by atoms with Gasteiger partial charge in [-0.3, -0.25) is 9.36 Å². The predicted molar refractivity (Wildman–Crippen MR) is 64.3 cm³/mol. The van der Waals surface area contributed by atoms with Gasteiger partial charge in [-0.05, 0) is 0 Å². The molecule has 0 unspecified atom stereocenters. The number of rotatable bonds is 2. The summed E-state index contributed by atoms with van der Waals surface area (Å²) in [6.45, 7) is 2.00. The van der Waals surface area contributed by atoms with E-state index < -0.39 is 0 Å². The monoisotopic (exact) mass is 214 g/mol. The maximum atomic E-state index is 11.7. The van der Waals surface area contributed by atoms with Crippen LogP contribution in [0.1, 0.15) is 12.7 Å². The van der Waals surface area contributed by atoms with Gasteiger partial charge < -0.3 is 0 Å². The molecule has 1 aromatic heterocycles. The van der Waals surface area contributed by atoms with Crippen LogP contribution in [0.5, 0.6) is 0 Å². The van der Waals surface area contributed by atoms with Crippen molar-refractivity contribution in [2.45, 2.75) is 13.3 Å². The first-order valence-corrected chi connectivity index (χ1v) is 5.34. The zero-order valence-corrected chi connectivity index (χ0v) is 9.47. The molecule has 0 amide bonds. The smallest absolute Gasteiger partial charge is 0.253 e. The fourth-order valence-corrected chi connectivity index (χ4v) is 1.66. The third-order valence-corrected chi connectivity index (χ3v) is 2.61. The Balaban J connectivity index is 2.60. The van der Waals surface area contributed by atoms with Gasteiger partial charge in [0.15, 0.2) is 0 Å². The lowest BCUT2D eigenvalue weighted by Gasteiger charge is -2.07. The van der Waals surface area contributed by atoms with Gasteiger partial charge in [0.25, 0.3) is 5.56 Å². The van der Waals surface area contributed by atoms with E-state index in [1.165, 1.54) is 0 Å². The summed E-state index contributed by atoms with van der Waals surface area (Å²) >= 11 is 0. The number of nitrogens with zero attached hydrogens (tertiary/aromatic N) is 2. The number of benzene rings is 1. The Morgan fingerprint density at radius 2 is 1.94 bits per heavy atom. The van der Waals surface area contributed by atoms with Crippen LogP contribution in [0.25, 0.3) is 11.3 Å². The Hall–Kier alpha value is -1.90. The van der Waals surface area contributed by atoms with Gasteiger partial charge in [-0.2, -0.15) is 0 Å². The minimum absolute atomic E-state index is 0.00861. The van der Waals surface area contributed by atoms with Gasteiger partial charge >= 0.3 is 0 Å². The average Bonchev–Trinajstić information content (AvgIpc) is 2.33. The quantitative estimate of drug-likeness (QED) is 0.766. The Kier molecular flexibility index (Phi) is 2.86.